The van der Waals surface area contributed by atoms with Crippen LogP contribution in [0.5, 0.6) is 0 Å². The maximum absolute atomic E-state index is 12.7. The van der Waals surface area contributed by atoms with E-state index >= 15 is 0 Å². The van der Waals surface area contributed by atoms with E-state index in [2.05, 4.69) is 9.88 Å². The van der Waals surface area contributed by atoms with E-state index in [0.717, 1.165) is 38.2 Å². The SMILES string of the molecule is CN1CCN2CCN(C(=O)c3ncoc3C3CC3)C[C@H]2C1=O. The summed E-state index contributed by atoms with van der Waals surface area (Å²) in [6, 6.07) is -0.215. The van der Waals surface area contributed by atoms with Crippen molar-refractivity contribution < 1.29 is 14.0 Å². The van der Waals surface area contributed by atoms with Crippen molar-refractivity contribution >= 4 is 11.8 Å². The van der Waals surface area contributed by atoms with Crippen LogP contribution in [0.25, 0.3) is 0 Å². The highest BCUT2D eigenvalue weighted by Gasteiger charge is 2.40. The third kappa shape index (κ3) is 2.20. The summed E-state index contributed by atoms with van der Waals surface area (Å²) in [5.74, 6) is 1.08. The smallest absolute Gasteiger partial charge is 0.276 e. The summed E-state index contributed by atoms with van der Waals surface area (Å²) in [7, 11) is 1.82. The van der Waals surface area contributed by atoms with E-state index in [-0.39, 0.29) is 17.9 Å². The highest BCUT2D eigenvalue weighted by atomic mass is 16.3. The number of nitrogens with zero attached hydrogens (tertiary/aromatic N) is 4. The molecular weight excluding hydrogens is 284 g/mol. The number of carbonyl (C=O) groups excluding carboxylic acids is 2. The van der Waals surface area contributed by atoms with E-state index in [0.29, 0.717) is 24.7 Å². The quantitative estimate of drug-likeness (QED) is 0.778. The number of oxazole rings is 1. The maximum atomic E-state index is 12.7. The molecule has 0 spiro atoms. The number of rotatable bonds is 2. The van der Waals surface area contributed by atoms with Crippen molar-refractivity contribution in [2.45, 2.75) is 24.8 Å². The molecule has 7 heteroatoms. The predicted molar refractivity (Wildman–Crippen MR) is 77.4 cm³/mol. The molecule has 0 aromatic carbocycles. The minimum absolute atomic E-state index is 0.101. The summed E-state index contributed by atoms with van der Waals surface area (Å²) in [5.41, 5.74) is 0.438. The minimum atomic E-state index is -0.215. The Bertz CT molecular complexity index is 610. The van der Waals surface area contributed by atoms with Gasteiger partial charge in [-0.05, 0) is 12.8 Å². The molecule has 0 bridgehead atoms. The maximum Gasteiger partial charge on any atom is 0.276 e. The van der Waals surface area contributed by atoms with Gasteiger partial charge >= 0.3 is 0 Å². The van der Waals surface area contributed by atoms with Crippen LogP contribution in [0.4, 0.5) is 0 Å². The molecule has 1 aromatic heterocycles. The van der Waals surface area contributed by atoms with E-state index in [1.807, 2.05) is 7.05 Å². The van der Waals surface area contributed by atoms with Crippen LogP contribution in [-0.4, -0.2) is 77.3 Å². The van der Waals surface area contributed by atoms with Crippen LogP contribution >= 0.6 is 0 Å². The Hall–Kier alpha value is -1.89. The lowest BCUT2D eigenvalue weighted by atomic mass is 10.1. The third-order valence-electron chi connectivity index (χ3n) is 4.91. The van der Waals surface area contributed by atoms with Gasteiger partial charge in [-0.2, -0.15) is 0 Å². The van der Waals surface area contributed by atoms with Gasteiger partial charge in [0.1, 0.15) is 11.8 Å². The fourth-order valence-electron chi connectivity index (χ4n) is 3.35. The molecule has 1 atom stereocenters. The lowest BCUT2D eigenvalue weighted by Crippen LogP contribution is -2.64. The predicted octanol–water partition coefficient (Wildman–Crippen LogP) is 0.150. The van der Waals surface area contributed by atoms with Crippen molar-refractivity contribution in [1.29, 1.82) is 0 Å². The molecule has 3 fully saturated rings. The van der Waals surface area contributed by atoms with E-state index in [4.69, 9.17) is 4.42 Å². The number of hydrogen-bond donors (Lipinski definition) is 0. The zero-order chi connectivity index (χ0) is 15.3. The van der Waals surface area contributed by atoms with E-state index in [1.165, 1.54) is 6.39 Å². The molecule has 3 heterocycles. The molecule has 1 saturated carbocycles. The Labute approximate surface area is 128 Å². The second-order valence-corrected chi connectivity index (χ2v) is 6.40. The first-order valence-electron chi connectivity index (χ1n) is 7.87. The van der Waals surface area contributed by atoms with Crippen LogP contribution in [0.2, 0.25) is 0 Å². The van der Waals surface area contributed by atoms with Crippen molar-refractivity contribution in [3.63, 3.8) is 0 Å². The Balaban J connectivity index is 1.52. The van der Waals surface area contributed by atoms with Crippen molar-refractivity contribution in [3.05, 3.63) is 17.8 Å². The molecule has 4 rings (SSSR count). The van der Waals surface area contributed by atoms with Crippen molar-refractivity contribution in [2.75, 3.05) is 39.8 Å². The summed E-state index contributed by atoms with van der Waals surface area (Å²) in [6.45, 7) is 3.47. The fourth-order valence-corrected chi connectivity index (χ4v) is 3.35. The van der Waals surface area contributed by atoms with Gasteiger partial charge in [-0.25, -0.2) is 4.98 Å². The highest BCUT2D eigenvalue weighted by molar-refractivity contribution is 5.94. The fraction of sp³-hybridized carbons (Fsp3) is 0.667. The number of carbonyl (C=O) groups is 2. The molecule has 0 N–H and O–H groups in total. The molecular formula is C15H20N4O3. The number of likely N-dealkylation sites (N-methyl/N-ethyl adjacent to an activating group) is 1. The zero-order valence-corrected chi connectivity index (χ0v) is 12.7. The first-order valence-corrected chi connectivity index (χ1v) is 7.87. The summed E-state index contributed by atoms with van der Waals surface area (Å²) in [4.78, 5) is 34.9. The minimum Gasteiger partial charge on any atom is -0.447 e. The van der Waals surface area contributed by atoms with Gasteiger partial charge in [0.15, 0.2) is 12.1 Å². The summed E-state index contributed by atoms with van der Waals surface area (Å²) >= 11 is 0. The number of amides is 2. The van der Waals surface area contributed by atoms with Gasteiger partial charge in [0.05, 0.1) is 0 Å². The molecule has 22 heavy (non-hydrogen) atoms. The number of fused-ring (bicyclic) bond motifs is 1. The standard InChI is InChI=1S/C15H20N4O3/c1-17-4-5-18-6-7-19(8-11(18)14(17)20)15(21)12-13(10-2-3-10)22-9-16-12/h9-11H,2-8H2,1H3/t11-/m0/s1. The highest BCUT2D eigenvalue weighted by Crippen LogP contribution is 2.41. The molecule has 118 valence electrons. The normalized spacial score (nSPS) is 26.2. The number of piperazine rings is 2. The third-order valence-corrected chi connectivity index (χ3v) is 4.91. The van der Waals surface area contributed by atoms with Crippen LogP contribution in [0.1, 0.15) is 35.0 Å². The van der Waals surface area contributed by atoms with E-state index in [9.17, 15) is 9.59 Å². The van der Waals surface area contributed by atoms with Crippen LogP contribution in [0.3, 0.4) is 0 Å². The lowest BCUT2D eigenvalue weighted by molar-refractivity contribution is -0.142. The van der Waals surface area contributed by atoms with Gasteiger partial charge in [-0.1, -0.05) is 0 Å². The molecule has 1 aliphatic carbocycles. The Morgan fingerprint density at radius 3 is 2.82 bits per heavy atom. The molecule has 0 radical (unpaired) electrons. The van der Waals surface area contributed by atoms with Crippen LogP contribution in [0, 0.1) is 0 Å². The first-order chi connectivity index (χ1) is 10.6. The first kappa shape index (κ1) is 13.8. The monoisotopic (exact) mass is 304 g/mol. The van der Waals surface area contributed by atoms with Gasteiger partial charge < -0.3 is 14.2 Å². The van der Waals surface area contributed by atoms with Gasteiger partial charge in [-0.3, -0.25) is 14.5 Å². The summed E-state index contributed by atoms with van der Waals surface area (Å²) in [6.07, 6.45) is 3.49. The number of aromatic nitrogens is 1. The van der Waals surface area contributed by atoms with Crippen LogP contribution in [0.15, 0.2) is 10.8 Å². The van der Waals surface area contributed by atoms with Gasteiger partial charge in [0, 0.05) is 45.7 Å². The molecule has 2 saturated heterocycles. The van der Waals surface area contributed by atoms with E-state index < -0.39 is 0 Å². The molecule has 3 aliphatic rings. The lowest BCUT2D eigenvalue weighted by Gasteiger charge is -2.45. The van der Waals surface area contributed by atoms with Crippen molar-refractivity contribution in [1.82, 2.24) is 19.7 Å². The van der Waals surface area contributed by atoms with Crippen LogP contribution < -0.4 is 0 Å². The van der Waals surface area contributed by atoms with E-state index in [1.54, 1.807) is 9.80 Å². The summed E-state index contributed by atoms with van der Waals surface area (Å²) in [5, 5.41) is 0. The molecule has 0 unspecified atom stereocenters. The molecule has 7 nitrogen and oxygen atoms in total. The van der Waals surface area contributed by atoms with Gasteiger partial charge in [0.25, 0.3) is 5.91 Å². The van der Waals surface area contributed by atoms with Crippen molar-refractivity contribution in [2.24, 2.45) is 0 Å². The molecule has 2 aliphatic heterocycles. The van der Waals surface area contributed by atoms with Gasteiger partial charge in [-0.15, -0.1) is 0 Å². The van der Waals surface area contributed by atoms with Crippen molar-refractivity contribution in [3.8, 4) is 0 Å². The summed E-state index contributed by atoms with van der Waals surface area (Å²) < 4.78 is 5.40. The van der Waals surface area contributed by atoms with Gasteiger partial charge in [0.2, 0.25) is 5.91 Å². The zero-order valence-electron chi connectivity index (χ0n) is 12.7. The Morgan fingerprint density at radius 1 is 1.27 bits per heavy atom. The average molecular weight is 304 g/mol. The Kier molecular flexibility index (Phi) is 3.18. The Morgan fingerprint density at radius 2 is 2.05 bits per heavy atom. The average Bonchev–Trinajstić information content (AvgIpc) is 3.27. The number of hydrogen-bond acceptors (Lipinski definition) is 5. The molecule has 1 aromatic rings. The second kappa shape index (κ2) is 5.08. The van der Waals surface area contributed by atoms with Crippen LogP contribution in [-0.2, 0) is 4.79 Å². The molecule has 2 amide bonds. The second-order valence-electron chi connectivity index (χ2n) is 6.40. The largest absolute Gasteiger partial charge is 0.447 e. The topological polar surface area (TPSA) is 69.9 Å².